The molecule has 1 saturated heterocycles. The second-order valence-electron chi connectivity index (χ2n) is 6.78. The Hall–Kier alpha value is -1.66. The Morgan fingerprint density at radius 3 is 3.16 bits per heavy atom. The molecule has 2 aromatic heterocycles. The van der Waals surface area contributed by atoms with Crippen molar-refractivity contribution in [2.75, 3.05) is 13.2 Å². The average molecular weight is 359 g/mol. The molecule has 1 unspecified atom stereocenters. The van der Waals surface area contributed by atoms with Gasteiger partial charge in [0, 0.05) is 35.6 Å². The number of carbonyl (C=O) groups is 1. The monoisotopic (exact) mass is 359 g/mol. The van der Waals surface area contributed by atoms with E-state index >= 15 is 0 Å². The van der Waals surface area contributed by atoms with E-state index < -0.39 is 0 Å². The summed E-state index contributed by atoms with van der Waals surface area (Å²) in [5.41, 5.74) is 3.62. The van der Waals surface area contributed by atoms with E-state index in [-0.39, 0.29) is 11.9 Å². The number of nitrogens with zero attached hydrogens (tertiary/aromatic N) is 3. The van der Waals surface area contributed by atoms with E-state index in [9.17, 15) is 4.79 Å². The zero-order valence-corrected chi connectivity index (χ0v) is 15.6. The summed E-state index contributed by atoms with van der Waals surface area (Å²) in [6, 6.07) is 4.16. The van der Waals surface area contributed by atoms with Crippen LogP contribution < -0.4 is 0 Å². The molecule has 0 aromatic carbocycles. The van der Waals surface area contributed by atoms with Gasteiger partial charge < -0.3 is 9.64 Å². The maximum Gasteiger partial charge on any atom is 0.228 e. The van der Waals surface area contributed by atoms with E-state index in [0.717, 1.165) is 56.0 Å². The molecule has 25 heavy (non-hydrogen) atoms. The molecule has 2 aliphatic heterocycles. The molecule has 0 bridgehead atoms. The third-order valence-corrected chi connectivity index (χ3v) is 6.15. The van der Waals surface area contributed by atoms with Gasteiger partial charge in [-0.25, -0.2) is 0 Å². The van der Waals surface area contributed by atoms with Crippen molar-refractivity contribution >= 4 is 17.2 Å². The molecule has 1 atom stereocenters. The zero-order chi connectivity index (χ0) is 17.2. The Balaban J connectivity index is 1.63. The lowest BCUT2D eigenvalue weighted by molar-refractivity contribution is -0.134. The molecular formula is C19H25N3O2S. The molecule has 4 heterocycles. The smallest absolute Gasteiger partial charge is 0.228 e. The quantitative estimate of drug-likeness (QED) is 0.841. The van der Waals surface area contributed by atoms with Crippen molar-refractivity contribution in [3.05, 3.63) is 39.3 Å². The van der Waals surface area contributed by atoms with Crippen LogP contribution >= 0.6 is 11.3 Å². The number of rotatable bonds is 4. The third-order valence-electron chi connectivity index (χ3n) is 5.27. The van der Waals surface area contributed by atoms with Gasteiger partial charge in [-0.2, -0.15) is 5.10 Å². The second kappa shape index (κ2) is 7.30. The van der Waals surface area contributed by atoms with Gasteiger partial charge in [-0.15, -0.1) is 11.3 Å². The average Bonchev–Trinajstić information content (AvgIpc) is 3.29. The minimum Gasteiger partial charge on any atom is -0.376 e. The molecule has 2 aromatic rings. The summed E-state index contributed by atoms with van der Waals surface area (Å²) < 4.78 is 7.83. The molecular weight excluding hydrogens is 334 g/mol. The van der Waals surface area contributed by atoms with Crippen molar-refractivity contribution in [2.45, 2.75) is 58.2 Å². The highest BCUT2D eigenvalue weighted by Crippen LogP contribution is 2.35. The highest BCUT2D eigenvalue weighted by Gasteiger charge is 2.34. The molecule has 5 nitrogen and oxygen atoms in total. The highest BCUT2D eigenvalue weighted by atomic mass is 32.1. The predicted octanol–water partition coefficient (Wildman–Crippen LogP) is 3.33. The Labute approximate surface area is 152 Å². The molecule has 4 rings (SSSR count). The first-order chi connectivity index (χ1) is 12.3. The van der Waals surface area contributed by atoms with Gasteiger partial charge >= 0.3 is 0 Å². The Kier molecular flexibility index (Phi) is 4.90. The number of fused-ring (bicyclic) bond motifs is 1. The van der Waals surface area contributed by atoms with Crippen LogP contribution in [0.5, 0.6) is 0 Å². The Bertz CT molecular complexity index is 738. The zero-order valence-electron chi connectivity index (χ0n) is 14.7. The van der Waals surface area contributed by atoms with Crippen LogP contribution in [-0.4, -0.2) is 33.7 Å². The van der Waals surface area contributed by atoms with E-state index in [4.69, 9.17) is 9.84 Å². The number of likely N-dealkylation sites (tertiary alicyclic amines) is 1. The lowest BCUT2D eigenvalue weighted by atomic mass is 9.95. The van der Waals surface area contributed by atoms with Crippen molar-refractivity contribution in [1.82, 2.24) is 14.7 Å². The maximum atomic E-state index is 13.0. The second-order valence-corrected chi connectivity index (χ2v) is 7.82. The highest BCUT2D eigenvalue weighted by molar-refractivity contribution is 7.10. The minimum absolute atomic E-state index is 0.101. The van der Waals surface area contributed by atoms with Gasteiger partial charge in [-0.3, -0.25) is 9.48 Å². The fraction of sp³-hybridized carbons (Fsp3) is 0.579. The van der Waals surface area contributed by atoms with E-state index in [2.05, 4.69) is 16.5 Å². The number of aryl methyl sites for hydroxylation is 1. The lowest BCUT2D eigenvalue weighted by Crippen LogP contribution is -2.40. The summed E-state index contributed by atoms with van der Waals surface area (Å²) >= 11 is 1.66. The van der Waals surface area contributed by atoms with Gasteiger partial charge in [0.2, 0.25) is 5.91 Å². The summed E-state index contributed by atoms with van der Waals surface area (Å²) in [6.07, 6.45) is 4.67. The number of hydrogen-bond acceptors (Lipinski definition) is 4. The third kappa shape index (κ3) is 3.25. The van der Waals surface area contributed by atoms with Crippen LogP contribution in [0.1, 0.15) is 54.1 Å². The number of carbonyl (C=O) groups excluding carboxylic acids is 1. The molecule has 0 saturated carbocycles. The minimum atomic E-state index is 0.101. The normalized spacial score (nSPS) is 20.5. The van der Waals surface area contributed by atoms with Crippen LogP contribution in [0, 0.1) is 0 Å². The number of piperidine rings is 1. The first-order valence-electron chi connectivity index (χ1n) is 9.26. The Morgan fingerprint density at radius 1 is 1.44 bits per heavy atom. The summed E-state index contributed by atoms with van der Waals surface area (Å²) in [5, 5.41) is 6.94. The summed E-state index contributed by atoms with van der Waals surface area (Å²) in [4.78, 5) is 16.2. The van der Waals surface area contributed by atoms with Crippen molar-refractivity contribution in [3.63, 3.8) is 0 Å². The number of aromatic nitrogens is 2. The fourth-order valence-electron chi connectivity index (χ4n) is 4.04. The van der Waals surface area contributed by atoms with Gasteiger partial charge in [-0.05, 0) is 37.6 Å². The molecule has 1 amide bonds. The molecule has 0 spiro atoms. The predicted molar refractivity (Wildman–Crippen MR) is 97.6 cm³/mol. The molecule has 2 aliphatic rings. The summed E-state index contributed by atoms with van der Waals surface area (Å²) in [5.74, 6) is 0.226. The first kappa shape index (κ1) is 16.8. The van der Waals surface area contributed by atoms with Crippen molar-refractivity contribution in [2.24, 2.45) is 0 Å². The van der Waals surface area contributed by atoms with Crippen LogP contribution in [-0.2, 0) is 35.5 Å². The fourth-order valence-corrected chi connectivity index (χ4v) is 4.74. The molecule has 0 aliphatic carbocycles. The van der Waals surface area contributed by atoms with Crippen molar-refractivity contribution in [1.29, 1.82) is 0 Å². The van der Waals surface area contributed by atoms with Crippen molar-refractivity contribution in [3.8, 4) is 0 Å². The maximum absolute atomic E-state index is 13.0. The van der Waals surface area contributed by atoms with E-state index in [1.807, 2.05) is 17.5 Å². The largest absolute Gasteiger partial charge is 0.376 e. The van der Waals surface area contributed by atoms with E-state index in [1.165, 1.54) is 11.3 Å². The number of ether oxygens (including phenoxy) is 1. The summed E-state index contributed by atoms with van der Waals surface area (Å²) in [6.45, 7) is 5.24. The van der Waals surface area contributed by atoms with Gasteiger partial charge in [-0.1, -0.05) is 6.07 Å². The van der Waals surface area contributed by atoms with Crippen molar-refractivity contribution < 1.29 is 9.53 Å². The van der Waals surface area contributed by atoms with E-state index in [0.29, 0.717) is 13.0 Å². The van der Waals surface area contributed by atoms with Gasteiger partial charge in [0.05, 0.1) is 31.4 Å². The number of amides is 1. The molecule has 134 valence electrons. The molecule has 0 N–H and O–H groups in total. The molecule has 6 heteroatoms. The van der Waals surface area contributed by atoms with Crippen LogP contribution in [0.3, 0.4) is 0 Å². The van der Waals surface area contributed by atoms with Crippen LogP contribution in [0.25, 0.3) is 0 Å². The van der Waals surface area contributed by atoms with Gasteiger partial charge in [0.1, 0.15) is 0 Å². The van der Waals surface area contributed by atoms with Gasteiger partial charge in [0.15, 0.2) is 0 Å². The Morgan fingerprint density at radius 2 is 2.36 bits per heavy atom. The lowest BCUT2D eigenvalue weighted by Gasteiger charge is -2.35. The van der Waals surface area contributed by atoms with E-state index in [1.54, 1.807) is 11.3 Å². The first-order valence-corrected chi connectivity index (χ1v) is 10.1. The topological polar surface area (TPSA) is 47.4 Å². The SMILES string of the molecule is CCn1nc(C2CCCCN2C(=O)Cc2cccs2)c2c1CCOC2. The van der Waals surface area contributed by atoms with Gasteiger partial charge in [0.25, 0.3) is 0 Å². The standard InChI is InChI=1S/C19H25N3O2S/c1-2-22-16-8-10-24-13-15(16)19(20-22)17-7-3-4-9-21(17)18(23)12-14-6-5-11-25-14/h5-6,11,17H,2-4,7-10,12-13H2,1H3. The number of hydrogen-bond donors (Lipinski definition) is 0. The molecule has 0 radical (unpaired) electrons. The summed E-state index contributed by atoms with van der Waals surface area (Å²) in [7, 11) is 0. The van der Waals surface area contributed by atoms with Crippen LogP contribution in [0.2, 0.25) is 0 Å². The molecule has 1 fully saturated rings. The van der Waals surface area contributed by atoms with Crippen LogP contribution in [0.15, 0.2) is 17.5 Å². The van der Waals surface area contributed by atoms with Crippen LogP contribution in [0.4, 0.5) is 0 Å². The number of thiophene rings is 1.